The maximum absolute atomic E-state index is 11.8. The summed E-state index contributed by atoms with van der Waals surface area (Å²) >= 11 is 0. The van der Waals surface area contributed by atoms with Crippen LogP contribution in [0, 0.1) is 5.92 Å². The van der Waals surface area contributed by atoms with Gasteiger partial charge < -0.3 is 19.9 Å². The van der Waals surface area contributed by atoms with Crippen LogP contribution < -0.4 is 10.6 Å². The van der Waals surface area contributed by atoms with Crippen molar-refractivity contribution in [1.82, 2.24) is 20.2 Å². The van der Waals surface area contributed by atoms with Crippen LogP contribution in [0.1, 0.15) is 52.1 Å². The van der Waals surface area contributed by atoms with Crippen LogP contribution >= 0.6 is 0 Å². The Labute approximate surface area is 139 Å². The minimum Gasteiger partial charge on any atom is -0.444 e. The number of hydrogen-bond donors (Lipinski definition) is 2. The van der Waals surface area contributed by atoms with Crippen LogP contribution in [0.3, 0.4) is 0 Å². The maximum atomic E-state index is 11.8. The fourth-order valence-corrected chi connectivity index (χ4v) is 3.04. The van der Waals surface area contributed by atoms with Crippen molar-refractivity contribution >= 4 is 6.09 Å². The maximum Gasteiger partial charge on any atom is 0.407 e. The van der Waals surface area contributed by atoms with E-state index >= 15 is 0 Å². The summed E-state index contributed by atoms with van der Waals surface area (Å²) in [6.07, 6.45) is 8.14. The van der Waals surface area contributed by atoms with E-state index < -0.39 is 5.60 Å². The van der Waals surface area contributed by atoms with Gasteiger partial charge >= 0.3 is 6.09 Å². The molecule has 1 saturated carbocycles. The molecular weight excluding hydrogens is 292 g/mol. The molecule has 1 aromatic rings. The predicted molar refractivity (Wildman–Crippen MR) is 90.0 cm³/mol. The van der Waals surface area contributed by atoms with Crippen LogP contribution in [-0.4, -0.2) is 33.8 Å². The van der Waals surface area contributed by atoms with Crippen molar-refractivity contribution in [2.75, 3.05) is 6.54 Å². The van der Waals surface area contributed by atoms with Gasteiger partial charge in [0.2, 0.25) is 0 Å². The van der Waals surface area contributed by atoms with Gasteiger partial charge in [-0.25, -0.2) is 9.78 Å². The minimum absolute atomic E-state index is 0.326. The molecule has 6 heteroatoms. The molecule has 1 aliphatic carbocycles. The van der Waals surface area contributed by atoms with Gasteiger partial charge in [0.15, 0.2) is 0 Å². The number of nitrogens with zero attached hydrogens (tertiary/aromatic N) is 2. The second-order valence-corrected chi connectivity index (χ2v) is 7.41. The van der Waals surface area contributed by atoms with Crippen molar-refractivity contribution in [3.05, 3.63) is 18.2 Å². The van der Waals surface area contributed by atoms with E-state index in [-0.39, 0.29) is 6.09 Å². The highest BCUT2D eigenvalue weighted by Gasteiger charge is 2.26. The van der Waals surface area contributed by atoms with Crippen molar-refractivity contribution in [2.24, 2.45) is 13.0 Å². The highest BCUT2D eigenvalue weighted by Crippen LogP contribution is 2.24. The van der Waals surface area contributed by atoms with Gasteiger partial charge in [-0.1, -0.05) is 12.8 Å². The van der Waals surface area contributed by atoms with Crippen molar-refractivity contribution in [3.63, 3.8) is 0 Å². The minimum atomic E-state index is -0.451. The number of alkyl carbamates (subject to hydrolysis) is 1. The average Bonchev–Trinajstić information content (AvgIpc) is 2.87. The fraction of sp³-hybridized carbons (Fsp3) is 0.765. The topological polar surface area (TPSA) is 68.2 Å². The number of aromatic nitrogens is 2. The lowest BCUT2D eigenvalue weighted by atomic mass is 9.84. The average molecular weight is 322 g/mol. The summed E-state index contributed by atoms with van der Waals surface area (Å²) in [5.74, 6) is 0.449. The quantitative estimate of drug-likeness (QED) is 0.874. The highest BCUT2D eigenvalue weighted by molar-refractivity contribution is 5.67. The van der Waals surface area contributed by atoms with Gasteiger partial charge in [-0.2, -0.15) is 0 Å². The van der Waals surface area contributed by atoms with E-state index in [1.54, 1.807) is 0 Å². The van der Waals surface area contributed by atoms with Gasteiger partial charge in [-0.3, -0.25) is 0 Å². The van der Waals surface area contributed by atoms with E-state index in [2.05, 4.69) is 15.6 Å². The van der Waals surface area contributed by atoms with E-state index in [1.165, 1.54) is 18.5 Å². The number of carbonyl (C=O) groups excluding carboxylic acids is 1. The number of amides is 1. The fourth-order valence-electron chi connectivity index (χ4n) is 3.04. The molecule has 1 fully saturated rings. The van der Waals surface area contributed by atoms with Crippen LogP contribution in [0.5, 0.6) is 0 Å². The molecule has 1 heterocycles. The Morgan fingerprint density at radius 1 is 1.39 bits per heavy atom. The van der Waals surface area contributed by atoms with Gasteiger partial charge in [0.05, 0.1) is 12.0 Å². The van der Waals surface area contributed by atoms with E-state index in [0.717, 1.165) is 19.4 Å². The third kappa shape index (κ3) is 5.86. The lowest BCUT2D eigenvalue weighted by Crippen LogP contribution is -2.45. The molecule has 0 radical (unpaired) electrons. The predicted octanol–water partition coefficient (Wildman–Crippen LogP) is 2.59. The molecule has 2 unspecified atom stereocenters. The second-order valence-electron chi connectivity index (χ2n) is 7.41. The van der Waals surface area contributed by atoms with Gasteiger partial charge in [0.1, 0.15) is 5.60 Å². The van der Waals surface area contributed by atoms with Crippen LogP contribution in [0.15, 0.2) is 12.5 Å². The van der Waals surface area contributed by atoms with Gasteiger partial charge in [0.25, 0.3) is 0 Å². The van der Waals surface area contributed by atoms with Crippen molar-refractivity contribution in [3.8, 4) is 0 Å². The van der Waals surface area contributed by atoms with E-state index in [1.807, 2.05) is 44.9 Å². The third-order valence-electron chi connectivity index (χ3n) is 4.28. The van der Waals surface area contributed by atoms with E-state index in [4.69, 9.17) is 4.74 Å². The molecule has 130 valence electrons. The number of imidazole rings is 1. The monoisotopic (exact) mass is 322 g/mol. The highest BCUT2D eigenvalue weighted by atomic mass is 16.6. The molecule has 0 spiro atoms. The first kappa shape index (κ1) is 17.8. The molecule has 1 amide bonds. The SMILES string of the molecule is Cn1cncc1CNC1CCCCC1CNC(=O)OC(C)(C)C. The molecule has 0 saturated heterocycles. The molecule has 23 heavy (non-hydrogen) atoms. The molecule has 2 rings (SSSR count). The Kier molecular flexibility index (Phi) is 6.04. The van der Waals surface area contributed by atoms with Crippen LogP contribution in [0.4, 0.5) is 4.79 Å². The number of rotatable bonds is 5. The number of carbonyl (C=O) groups is 1. The molecule has 0 aliphatic heterocycles. The third-order valence-corrected chi connectivity index (χ3v) is 4.28. The molecule has 6 nitrogen and oxygen atoms in total. The van der Waals surface area contributed by atoms with Crippen molar-refractivity contribution in [1.29, 1.82) is 0 Å². The largest absolute Gasteiger partial charge is 0.444 e. The zero-order valence-corrected chi connectivity index (χ0v) is 14.8. The summed E-state index contributed by atoms with van der Waals surface area (Å²) in [6.45, 7) is 7.12. The first-order valence-electron chi connectivity index (χ1n) is 8.50. The van der Waals surface area contributed by atoms with Gasteiger partial charge in [-0.15, -0.1) is 0 Å². The normalized spacial score (nSPS) is 21.9. The first-order chi connectivity index (χ1) is 10.8. The molecular formula is C17H30N4O2. The van der Waals surface area contributed by atoms with Crippen molar-refractivity contribution in [2.45, 2.75) is 64.6 Å². The Hall–Kier alpha value is -1.56. The Morgan fingerprint density at radius 3 is 2.78 bits per heavy atom. The van der Waals surface area contributed by atoms with Crippen LogP contribution in [-0.2, 0) is 18.3 Å². The van der Waals surface area contributed by atoms with Crippen LogP contribution in [0.25, 0.3) is 0 Å². The smallest absolute Gasteiger partial charge is 0.407 e. The Bertz CT molecular complexity index is 507. The molecule has 0 bridgehead atoms. The van der Waals surface area contributed by atoms with Crippen molar-refractivity contribution < 1.29 is 9.53 Å². The van der Waals surface area contributed by atoms with E-state index in [0.29, 0.717) is 18.5 Å². The number of ether oxygens (including phenoxy) is 1. The van der Waals surface area contributed by atoms with Gasteiger partial charge in [0, 0.05) is 32.4 Å². The standard InChI is InChI=1S/C17H30N4O2/c1-17(2,3)23-16(22)20-9-13-7-5-6-8-15(13)19-11-14-10-18-12-21(14)4/h10,12-13,15,19H,5-9,11H2,1-4H3,(H,20,22). The lowest BCUT2D eigenvalue weighted by Gasteiger charge is -2.32. The zero-order chi connectivity index (χ0) is 16.9. The molecule has 0 aromatic carbocycles. The molecule has 1 aliphatic rings. The summed E-state index contributed by atoms with van der Waals surface area (Å²) in [6, 6.07) is 0.425. The number of aryl methyl sites for hydroxylation is 1. The Balaban J connectivity index is 1.81. The summed E-state index contributed by atoms with van der Waals surface area (Å²) in [5, 5.41) is 6.56. The second kappa shape index (κ2) is 7.81. The molecule has 1 aromatic heterocycles. The molecule has 2 N–H and O–H groups in total. The van der Waals surface area contributed by atoms with Gasteiger partial charge in [-0.05, 0) is 39.5 Å². The molecule has 2 atom stereocenters. The zero-order valence-electron chi connectivity index (χ0n) is 14.8. The number of nitrogens with one attached hydrogen (secondary N) is 2. The summed E-state index contributed by atoms with van der Waals surface area (Å²) in [5.41, 5.74) is 0.725. The number of hydrogen-bond acceptors (Lipinski definition) is 4. The summed E-state index contributed by atoms with van der Waals surface area (Å²) < 4.78 is 7.35. The summed E-state index contributed by atoms with van der Waals surface area (Å²) in [7, 11) is 2.01. The van der Waals surface area contributed by atoms with Crippen LogP contribution in [0.2, 0.25) is 0 Å². The lowest BCUT2D eigenvalue weighted by molar-refractivity contribution is 0.0510. The Morgan fingerprint density at radius 2 is 2.13 bits per heavy atom. The first-order valence-corrected chi connectivity index (χ1v) is 8.50. The summed E-state index contributed by atoms with van der Waals surface area (Å²) in [4.78, 5) is 16.0. The van der Waals surface area contributed by atoms with E-state index in [9.17, 15) is 4.79 Å².